The SMILES string of the molecule is CC(C)CCC(=O)N(NC(=O)OC1CCN(C(=O)OC(C)(C)C)c2ccccc21)[C@@H](CC1CCNC1=O)C(=O)O. The van der Waals surface area contributed by atoms with Gasteiger partial charge >= 0.3 is 18.2 Å². The third kappa shape index (κ3) is 8.09. The van der Waals surface area contributed by atoms with E-state index in [1.54, 1.807) is 45.0 Å². The minimum Gasteiger partial charge on any atom is -0.480 e. The summed E-state index contributed by atoms with van der Waals surface area (Å²) in [7, 11) is 0. The van der Waals surface area contributed by atoms with Crippen LogP contribution in [-0.4, -0.2) is 64.8 Å². The van der Waals surface area contributed by atoms with Crippen LogP contribution in [0.2, 0.25) is 0 Å². The number of para-hydroxylation sites is 1. The van der Waals surface area contributed by atoms with Crippen molar-refractivity contribution in [2.45, 2.75) is 84.5 Å². The van der Waals surface area contributed by atoms with Crippen molar-refractivity contribution < 1.29 is 38.6 Å². The van der Waals surface area contributed by atoms with Crippen LogP contribution in [0, 0.1) is 11.8 Å². The molecule has 0 radical (unpaired) electrons. The number of rotatable bonds is 8. The summed E-state index contributed by atoms with van der Waals surface area (Å²) in [6.07, 6.45) is -1.24. The predicted octanol–water partition coefficient (Wildman–Crippen LogP) is 3.76. The number of carbonyl (C=O) groups is 5. The van der Waals surface area contributed by atoms with Crippen LogP contribution in [0.1, 0.15) is 78.4 Å². The molecule has 2 aliphatic rings. The highest BCUT2D eigenvalue weighted by atomic mass is 16.6. The summed E-state index contributed by atoms with van der Waals surface area (Å²) in [6, 6.07) is 5.50. The molecule has 0 spiro atoms. The van der Waals surface area contributed by atoms with E-state index < -0.39 is 47.7 Å². The first kappa shape index (κ1) is 30.7. The number of nitrogens with zero attached hydrogens (tertiary/aromatic N) is 2. The van der Waals surface area contributed by atoms with Crippen LogP contribution in [-0.2, 0) is 23.9 Å². The number of hydrogen-bond donors (Lipinski definition) is 3. The van der Waals surface area contributed by atoms with Crippen molar-refractivity contribution in [2.75, 3.05) is 18.0 Å². The zero-order valence-electron chi connectivity index (χ0n) is 23.8. The Bertz CT molecular complexity index is 1120. The van der Waals surface area contributed by atoms with Crippen LogP contribution in [0.3, 0.4) is 0 Å². The van der Waals surface area contributed by atoms with Gasteiger partial charge in [-0.3, -0.25) is 14.5 Å². The van der Waals surface area contributed by atoms with E-state index in [2.05, 4.69) is 10.7 Å². The summed E-state index contributed by atoms with van der Waals surface area (Å²) >= 11 is 0. The Morgan fingerprint density at radius 1 is 1.18 bits per heavy atom. The molecule has 1 saturated heterocycles. The Morgan fingerprint density at radius 3 is 2.48 bits per heavy atom. The number of carboxylic acid groups (broad SMARTS) is 1. The molecule has 0 aromatic heterocycles. The van der Waals surface area contributed by atoms with Gasteiger partial charge in [-0.25, -0.2) is 24.8 Å². The first-order valence-corrected chi connectivity index (χ1v) is 13.7. The van der Waals surface area contributed by atoms with Gasteiger partial charge in [-0.15, -0.1) is 0 Å². The molecular formula is C28H40N4O8. The predicted molar refractivity (Wildman–Crippen MR) is 145 cm³/mol. The number of anilines is 1. The van der Waals surface area contributed by atoms with Gasteiger partial charge in [-0.2, -0.15) is 0 Å². The number of nitrogens with one attached hydrogen (secondary N) is 2. The molecule has 12 heteroatoms. The first-order chi connectivity index (χ1) is 18.8. The molecule has 3 atom stereocenters. The Kier molecular flexibility index (Phi) is 9.99. The maximum Gasteiger partial charge on any atom is 0.426 e. The number of benzene rings is 1. The van der Waals surface area contributed by atoms with Gasteiger partial charge in [-0.1, -0.05) is 32.0 Å². The van der Waals surface area contributed by atoms with Crippen LogP contribution in [0.4, 0.5) is 15.3 Å². The second kappa shape index (κ2) is 13.0. The van der Waals surface area contributed by atoms with E-state index in [9.17, 15) is 29.1 Å². The molecule has 1 fully saturated rings. The number of amides is 4. The fraction of sp³-hybridized carbons (Fsp3) is 0.607. The first-order valence-electron chi connectivity index (χ1n) is 13.7. The number of aliphatic carboxylic acids is 1. The van der Waals surface area contributed by atoms with Crippen LogP contribution in [0.25, 0.3) is 0 Å². The molecule has 12 nitrogen and oxygen atoms in total. The van der Waals surface area contributed by atoms with Crippen molar-refractivity contribution in [3.05, 3.63) is 29.8 Å². The molecule has 0 bridgehead atoms. The molecule has 3 N–H and O–H groups in total. The highest BCUT2D eigenvalue weighted by Crippen LogP contribution is 2.36. The van der Waals surface area contributed by atoms with Gasteiger partial charge in [0.25, 0.3) is 0 Å². The second-order valence-electron chi connectivity index (χ2n) is 11.5. The van der Waals surface area contributed by atoms with E-state index >= 15 is 0 Å². The summed E-state index contributed by atoms with van der Waals surface area (Å²) in [5, 5.41) is 13.4. The lowest BCUT2D eigenvalue weighted by atomic mass is 9.97. The Morgan fingerprint density at radius 2 is 1.88 bits per heavy atom. The lowest BCUT2D eigenvalue weighted by Crippen LogP contribution is -2.56. The van der Waals surface area contributed by atoms with Gasteiger partial charge in [0.05, 0.1) is 5.69 Å². The Balaban J connectivity index is 1.78. The van der Waals surface area contributed by atoms with E-state index in [0.29, 0.717) is 30.6 Å². The highest BCUT2D eigenvalue weighted by Gasteiger charge is 2.38. The molecule has 2 unspecified atom stereocenters. The third-order valence-electron chi connectivity index (χ3n) is 6.74. The molecule has 2 heterocycles. The van der Waals surface area contributed by atoms with Crippen LogP contribution >= 0.6 is 0 Å². The van der Waals surface area contributed by atoms with E-state index in [0.717, 1.165) is 5.01 Å². The Hall–Kier alpha value is -3.83. The number of fused-ring (bicyclic) bond motifs is 1. The molecule has 40 heavy (non-hydrogen) atoms. The van der Waals surface area contributed by atoms with Gasteiger partial charge in [0, 0.05) is 37.4 Å². The zero-order valence-corrected chi connectivity index (χ0v) is 23.8. The van der Waals surface area contributed by atoms with Crippen molar-refractivity contribution in [3.63, 3.8) is 0 Å². The molecular weight excluding hydrogens is 520 g/mol. The van der Waals surface area contributed by atoms with Crippen molar-refractivity contribution in [1.82, 2.24) is 15.8 Å². The number of carboxylic acids is 1. The highest BCUT2D eigenvalue weighted by molar-refractivity contribution is 5.90. The maximum atomic E-state index is 13.1. The average molecular weight is 561 g/mol. The van der Waals surface area contributed by atoms with Crippen molar-refractivity contribution in [1.29, 1.82) is 0 Å². The smallest absolute Gasteiger partial charge is 0.426 e. The largest absolute Gasteiger partial charge is 0.480 e. The van der Waals surface area contributed by atoms with E-state index in [1.165, 1.54) is 4.90 Å². The van der Waals surface area contributed by atoms with E-state index in [1.807, 2.05) is 13.8 Å². The summed E-state index contributed by atoms with van der Waals surface area (Å²) in [5.41, 5.74) is 2.77. The summed E-state index contributed by atoms with van der Waals surface area (Å²) in [5.74, 6) is -2.63. The van der Waals surface area contributed by atoms with Crippen molar-refractivity contribution in [3.8, 4) is 0 Å². The van der Waals surface area contributed by atoms with Gasteiger partial charge in [-0.05, 0) is 52.0 Å². The zero-order chi connectivity index (χ0) is 29.6. The van der Waals surface area contributed by atoms with Gasteiger partial charge < -0.3 is 19.9 Å². The molecule has 0 saturated carbocycles. The topological polar surface area (TPSA) is 155 Å². The number of ether oxygens (including phenoxy) is 2. The summed E-state index contributed by atoms with van der Waals surface area (Å²) in [6.45, 7) is 9.82. The number of hydrogen-bond acceptors (Lipinski definition) is 7. The van der Waals surface area contributed by atoms with Crippen molar-refractivity contribution >= 4 is 35.7 Å². The third-order valence-corrected chi connectivity index (χ3v) is 6.74. The molecule has 220 valence electrons. The van der Waals surface area contributed by atoms with Crippen molar-refractivity contribution in [2.24, 2.45) is 11.8 Å². The molecule has 4 amide bonds. The average Bonchev–Trinajstić information content (AvgIpc) is 3.27. The van der Waals surface area contributed by atoms with E-state index in [4.69, 9.17) is 9.47 Å². The van der Waals surface area contributed by atoms with Gasteiger partial charge in [0.1, 0.15) is 11.7 Å². The van der Waals surface area contributed by atoms with Gasteiger partial charge in [0.2, 0.25) is 11.8 Å². The molecule has 0 aliphatic carbocycles. The molecule has 1 aromatic carbocycles. The van der Waals surface area contributed by atoms with Crippen LogP contribution < -0.4 is 15.6 Å². The fourth-order valence-corrected chi connectivity index (χ4v) is 4.71. The summed E-state index contributed by atoms with van der Waals surface area (Å²) in [4.78, 5) is 64.9. The minimum absolute atomic E-state index is 0.00962. The summed E-state index contributed by atoms with van der Waals surface area (Å²) < 4.78 is 11.2. The molecule has 3 rings (SSSR count). The minimum atomic E-state index is -1.46. The monoisotopic (exact) mass is 560 g/mol. The quantitative estimate of drug-likeness (QED) is 0.406. The second-order valence-corrected chi connectivity index (χ2v) is 11.5. The standard InChI is InChI=1S/C28H40N4O8/c1-17(2)10-11-23(33)32(21(25(35)36)16-18-12-14-29-24(18)34)30-26(37)39-22-13-15-31(27(38)40-28(3,4)5)20-9-7-6-8-19(20)22/h6-9,17-18,21-22H,10-16H2,1-5H3,(H,29,34)(H,30,37)(H,35,36)/t18?,21-,22?/m0/s1. The lowest BCUT2D eigenvalue weighted by Gasteiger charge is -2.35. The lowest BCUT2D eigenvalue weighted by molar-refractivity contribution is -0.154. The normalized spacial score (nSPS) is 19.4. The number of hydrazine groups is 1. The number of carbonyl (C=O) groups excluding carboxylic acids is 4. The van der Waals surface area contributed by atoms with Gasteiger partial charge in [0.15, 0.2) is 6.04 Å². The van der Waals surface area contributed by atoms with Crippen LogP contribution in [0.5, 0.6) is 0 Å². The van der Waals surface area contributed by atoms with Crippen LogP contribution in [0.15, 0.2) is 24.3 Å². The molecule has 1 aromatic rings. The van der Waals surface area contributed by atoms with E-state index in [-0.39, 0.29) is 37.6 Å². The Labute approximate surface area is 234 Å². The molecule has 2 aliphatic heterocycles. The maximum absolute atomic E-state index is 13.1. The fourth-order valence-electron chi connectivity index (χ4n) is 4.71.